The molecular formula is C21H19ClFN5O3. The number of allylic oxidation sites excluding steroid dienone is 2. The number of ether oxygens (including phenoxy) is 2. The van der Waals surface area contributed by atoms with E-state index in [0.29, 0.717) is 28.7 Å². The van der Waals surface area contributed by atoms with Crippen molar-refractivity contribution in [3.05, 3.63) is 69.6 Å². The summed E-state index contributed by atoms with van der Waals surface area (Å²) in [4.78, 5) is 12.4. The monoisotopic (exact) mass is 443 g/mol. The number of hydrogen-bond donors (Lipinski definition) is 1. The van der Waals surface area contributed by atoms with Crippen molar-refractivity contribution in [2.45, 2.75) is 26.5 Å². The number of hydrogen-bond acceptors (Lipinski definition) is 7. The van der Waals surface area contributed by atoms with E-state index < -0.39 is 11.9 Å². The highest BCUT2D eigenvalue weighted by Crippen LogP contribution is 2.38. The van der Waals surface area contributed by atoms with Crippen molar-refractivity contribution < 1.29 is 18.7 Å². The van der Waals surface area contributed by atoms with E-state index in [-0.39, 0.29) is 23.0 Å². The number of tetrazole rings is 1. The summed E-state index contributed by atoms with van der Waals surface area (Å²) in [7, 11) is 1.50. The van der Waals surface area contributed by atoms with E-state index in [0.717, 1.165) is 5.56 Å². The van der Waals surface area contributed by atoms with Gasteiger partial charge in [-0.2, -0.15) is 4.68 Å². The number of ketones is 1. The molecule has 0 bridgehead atoms. The molecule has 10 heteroatoms. The van der Waals surface area contributed by atoms with Crippen LogP contribution < -0.4 is 14.8 Å². The van der Waals surface area contributed by atoms with Gasteiger partial charge in [0.05, 0.1) is 12.1 Å². The van der Waals surface area contributed by atoms with Crippen LogP contribution in [0.25, 0.3) is 0 Å². The van der Waals surface area contributed by atoms with Gasteiger partial charge in [0.1, 0.15) is 18.5 Å². The summed E-state index contributed by atoms with van der Waals surface area (Å²) in [5.74, 6) is 0.696. The molecule has 1 N–H and O–H groups in total. The molecule has 8 nitrogen and oxygen atoms in total. The highest BCUT2D eigenvalue weighted by Gasteiger charge is 2.32. The molecule has 31 heavy (non-hydrogen) atoms. The minimum Gasteiger partial charge on any atom is -0.493 e. The number of carbonyl (C=O) groups is 1. The number of benzene rings is 2. The van der Waals surface area contributed by atoms with Crippen LogP contribution in [0.2, 0.25) is 5.02 Å². The molecule has 1 atom stereocenters. The maximum atomic E-state index is 14.0. The van der Waals surface area contributed by atoms with Crippen LogP contribution in [0.3, 0.4) is 0 Å². The highest BCUT2D eigenvalue weighted by molar-refractivity contribution is 6.31. The van der Waals surface area contributed by atoms with Crippen molar-refractivity contribution in [3.8, 4) is 11.5 Å². The lowest BCUT2D eigenvalue weighted by Crippen LogP contribution is -2.27. The van der Waals surface area contributed by atoms with E-state index in [2.05, 4.69) is 20.8 Å². The molecule has 2 aromatic carbocycles. The summed E-state index contributed by atoms with van der Waals surface area (Å²) < 4.78 is 26.9. The molecule has 0 spiro atoms. The van der Waals surface area contributed by atoms with Crippen LogP contribution in [0.4, 0.5) is 10.3 Å². The van der Waals surface area contributed by atoms with Gasteiger partial charge in [-0.1, -0.05) is 28.8 Å². The van der Waals surface area contributed by atoms with E-state index in [1.807, 2.05) is 0 Å². The van der Waals surface area contributed by atoms with Crippen LogP contribution >= 0.6 is 11.6 Å². The maximum absolute atomic E-state index is 14.0. The summed E-state index contributed by atoms with van der Waals surface area (Å²) in [6, 6.07) is 9.15. The van der Waals surface area contributed by atoms with E-state index in [9.17, 15) is 9.18 Å². The summed E-state index contributed by atoms with van der Waals surface area (Å²) in [5.41, 5.74) is 2.19. The van der Waals surface area contributed by atoms with Crippen LogP contribution in [-0.2, 0) is 11.4 Å². The lowest BCUT2D eigenvalue weighted by Gasteiger charge is -2.27. The van der Waals surface area contributed by atoms with Crippen LogP contribution in [-0.4, -0.2) is 33.1 Å². The van der Waals surface area contributed by atoms with E-state index in [1.54, 1.807) is 31.2 Å². The third kappa shape index (κ3) is 3.84. The summed E-state index contributed by atoms with van der Waals surface area (Å²) in [6.45, 7) is 3.23. The van der Waals surface area contributed by atoms with Gasteiger partial charge in [0.15, 0.2) is 17.3 Å². The Labute approximate surface area is 182 Å². The molecule has 1 aliphatic rings. The lowest BCUT2D eigenvalue weighted by atomic mass is 9.93. The molecule has 2 heterocycles. The molecule has 4 rings (SSSR count). The average molecular weight is 444 g/mol. The summed E-state index contributed by atoms with van der Waals surface area (Å²) in [6.07, 6.45) is 0. The molecule has 1 aromatic heterocycles. The fourth-order valence-corrected chi connectivity index (χ4v) is 3.79. The molecular weight excluding hydrogens is 425 g/mol. The lowest BCUT2D eigenvalue weighted by molar-refractivity contribution is -0.114. The highest BCUT2D eigenvalue weighted by atomic mass is 35.5. The minimum absolute atomic E-state index is 0.0661. The maximum Gasteiger partial charge on any atom is 0.248 e. The molecule has 1 aliphatic heterocycles. The second-order valence-corrected chi connectivity index (χ2v) is 7.38. The van der Waals surface area contributed by atoms with Gasteiger partial charge < -0.3 is 14.8 Å². The molecule has 0 saturated carbocycles. The first-order valence-electron chi connectivity index (χ1n) is 9.41. The van der Waals surface area contributed by atoms with Crippen molar-refractivity contribution in [2.75, 3.05) is 12.4 Å². The first-order chi connectivity index (χ1) is 14.9. The third-order valence-corrected chi connectivity index (χ3v) is 5.38. The normalized spacial score (nSPS) is 15.3. The molecule has 1 unspecified atom stereocenters. The van der Waals surface area contributed by atoms with Crippen molar-refractivity contribution >= 4 is 23.3 Å². The Morgan fingerprint density at radius 3 is 2.81 bits per heavy atom. The summed E-state index contributed by atoms with van der Waals surface area (Å²) in [5, 5.41) is 15.0. The number of fused-ring (bicyclic) bond motifs is 1. The number of anilines is 1. The van der Waals surface area contributed by atoms with Gasteiger partial charge in [0, 0.05) is 16.8 Å². The van der Waals surface area contributed by atoms with Gasteiger partial charge in [0.25, 0.3) is 0 Å². The Bertz CT molecular complexity index is 1170. The Morgan fingerprint density at radius 1 is 1.29 bits per heavy atom. The van der Waals surface area contributed by atoms with Crippen molar-refractivity contribution in [1.82, 2.24) is 20.2 Å². The number of nitrogens with zero attached hydrogens (tertiary/aromatic N) is 4. The van der Waals surface area contributed by atoms with E-state index in [1.165, 1.54) is 30.8 Å². The zero-order valence-corrected chi connectivity index (χ0v) is 17.8. The van der Waals surface area contributed by atoms with Gasteiger partial charge in [-0.3, -0.25) is 4.79 Å². The van der Waals surface area contributed by atoms with Gasteiger partial charge in [-0.05, 0) is 54.1 Å². The zero-order valence-electron chi connectivity index (χ0n) is 17.0. The molecule has 0 saturated heterocycles. The SMILES string of the molecule is COc1cc(C2C(C(C)=O)=C(C)Nc3nnnn32)ccc1OCc1c(F)cccc1Cl. The van der Waals surface area contributed by atoms with Crippen molar-refractivity contribution in [3.63, 3.8) is 0 Å². The number of aromatic nitrogens is 4. The molecule has 3 aromatic rings. The molecule has 0 radical (unpaired) electrons. The number of Topliss-reactive ketones (excluding diaryl/α,β-unsaturated/α-hetero) is 1. The smallest absolute Gasteiger partial charge is 0.248 e. The Kier molecular flexibility index (Phi) is 5.60. The molecule has 0 amide bonds. The van der Waals surface area contributed by atoms with E-state index in [4.69, 9.17) is 21.1 Å². The van der Waals surface area contributed by atoms with Crippen LogP contribution in [0.15, 0.2) is 47.7 Å². The molecule has 0 fully saturated rings. The first-order valence-corrected chi connectivity index (χ1v) is 9.78. The fraction of sp³-hybridized carbons (Fsp3) is 0.238. The van der Waals surface area contributed by atoms with Gasteiger partial charge in [0.2, 0.25) is 5.95 Å². The number of halogens is 2. The van der Waals surface area contributed by atoms with Crippen molar-refractivity contribution in [2.24, 2.45) is 0 Å². The zero-order chi connectivity index (χ0) is 22.1. The predicted octanol–water partition coefficient (Wildman–Crippen LogP) is 3.93. The van der Waals surface area contributed by atoms with Gasteiger partial charge >= 0.3 is 0 Å². The number of rotatable bonds is 6. The Balaban J connectivity index is 1.69. The fourth-order valence-electron chi connectivity index (χ4n) is 3.57. The standard InChI is InChI=1S/C21H19ClFN5O3/c1-11-19(12(2)29)20(28-21(24-11)25-26-27-28)13-7-8-17(18(9-13)30-3)31-10-14-15(22)5-4-6-16(14)23/h4-9,20H,10H2,1-3H3,(H,24,25,27). The predicted molar refractivity (Wildman–Crippen MR) is 112 cm³/mol. The quantitative estimate of drug-likeness (QED) is 0.617. The molecule has 0 aliphatic carbocycles. The van der Waals surface area contributed by atoms with Crippen LogP contribution in [0.1, 0.15) is 31.0 Å². The second kappa shape index (κ2) is 8.35. The number of nitrogens with one attached hydrogen (secondary N) is 1. The summed E-state index contributed by atoms with van der Waals surface area (Å²) >= 11 is 6.08. The van der Waals surface area contributed by atoms with Crippen LogP contribution in [0, 0.1) is 5.82 Å². The largest absolute Gasteiger partial charge is 0.493 e. The number of methoxy groups -OCH3 is 1. The van der Waals surface area contributed by atoms with Crippen LogP contribution in [0.5, 0.6) is 11.5 Å². The van der Waals surface area contributed by atoms with Crippen molar-refractivity contribution in [1.29, 1.82) is 0 Å². The third-order valence-electron chi connectivity index (χ3n) is 5.03. The second-order valence-electron chi connectivity index (χ2n) is 6.97. The first kappa shape index (κ1) is 20.8. The van der Waals surface area contributed by atoms with E-state index >= 15 is 0 Å². The average Bonchev–Trinajstić information content (AvgIpc) is 3.20. The molecule has 160 valence electrons. The Morgan fingerprint density at radius 2 is 2.10 bits per heavy atom. The minimum atomic E-state index is -0.535. The topological polar surface area (TPSA) is 91.2 Å². The number of carbonyl (C=O) groups excluding carboxylic acids is 1. The van der Waals surface area contributed by atoms with Gasteiger partial charge in [-0.15, -0.1) is 0 Å². The van der Waals surface area contributed by atoms with Gasteiger partial charge in [-0.25, -0.2) is 4.39 Å². The Hall–Kier alpha value is -3.46.